The van der Waals surface area contributed by atoms with E-state index in [0.29, 0.717) is 11.6 Å². The number of benzene rings is 1. The standard InChI is InChI=1S/C15H13ClN2OS/c1-10(8-17)9-18-14(19)7-6-13-15(16)11-4-2-3-5-12(11)20-13/h2-7,10H,9H2,1H3,(H,18,19)/b7-6+. The van der Waals surface area contributed by atoms with Crippen LogP contribution in [0.25, 0.3) is 16.2 Å². The Hall–Kier alpha value is -1.83. The van der Waals surface area contributed by atoms with Crippen molar-refractivity contribution >= 4 is 45.0 Å². The average Bonchev–Trinajstić information content (AvgIpc) is 2.79. The SMILES string of the molecule is CC(C#N)CNC(=O)/C=C/c1sc2ccccc2c1Cl. The smallest absolute Gasteiger partial charge is 0.244 e. The lowest BCUT2D eigenvalue weighted by Crippen LogP contribution is -2.25. The van der Waals surface area contributed by atoms with Gasteiger partial charge in [0.15, 0.2) is 0 Å². The van der Waals surface area contributed by atoms with Crippen LogP contribution in [0.5, 0.6) is 0 Å². The van der Waals surface area contributed by atoms with Gasteiger partial charge in [0.05, 0.1) is 17.0 Å². The molecule has 20 heavy (non-hydrogen) atoms. The highest BCUT2D eigenvalue weighted by Crippen LogP contribution is 2.35. The molecule has 2 aromatic rings. The number of carbonyl (C=O) groups excluding carboxylic acids is 1. The van der Waals surface area contributed by atoms with E-state index in [1.807, 2.05) is 24.3 Å². The summed E-state index contributed by atoms with van der Waals surface area (Å²) in [6.07, 6.45) is 3.15. The first-order valence-corrected chi connectivity index (χ1v) is 7.34. The molecule has 102 valence electrons. The van der Waals surface area contributed by atoms with Crippen molar-refractivity contribution in [3.05, 3.63) is 40.2 Å². The summed E-state index contributed by atoms with van der Waals surface area (Å²) < 4.78 is 1.09. The highest BCUT2D eigenvalue weighted by Gasteiger charge is 2.07. The Balaban J connectivity index is 2.08. The zero-order valence-corrected chi connectivity index (χ0v) is 12.5. The van der Waals surface area contributed by atoms with Crippen molar-refractivity contribution in [2.45, 2.75) is 6.92 Å². The van der Waals surface area contributed by atoms with Crippen LogP contribution in [0.4, 0.5) is 0 Å². The number of rotatable bonds is 4. The van der Waals surface area contributed by atoms with Crippen LogP contribution < -0.4 is 5.32 Å². The zero-order chi connectivity index (χ0) is 14.5. The van der Waals surface area contributed by atoms with Gasteiger partial charge in [-0.2, -0.15) is 5.26 Å². The van der Waals surface area contributed by atoms with Gasteiger partial charge < -0.3 is 5.32 Å². The monoisotopic (exact) mass is 304 g/mol. The maximum absolute atomic E-state index is 11.6. The van der Waals surface area contributed by atoms with Crippen LogP contribution in [0, 0.1) is 17.2 Å². The van der Waals surface area contributed by atoms with E-state index in [4.69, 9.17) is 16.9 Å². The maximum Gasteiger partial charge on any atom is 0.244 e. The molecule has 0 aliphatic heterocycles. The summed E-state index contributed by atoms with van der Waals surface area (Å²) in [7, 11) is 0. The predicted molar refractivity (Wildman–Crippen MR) is 83.7 cm³/mol. The lowest BCUT2D eigenvalue weighted by atomic mass is 10.2. The molecule has 0 radical (unpaired) electrons. The lowest BCUT2D eigenvalue weighted by molar-refractivity contribution is -0.116. The minimum absolute atomic E-state index is 0.194. The van der Waals surface area contributed by atoms with Gasteiger partial charge in [-0.15, -0.1) is 11.3 Å². The number of thiophene rings is 1. The number of fused-ring (bicyclic) bond motifs is 1. The third kappa shape index (κ3) is 3.38. The normalized spacial score (nSPS) is 12.4. The van der Waals surface area contributed by atoms with E-state index in [1.165, 1.54) is 6.08 Å². The fourth-order valence-corrected chi connectivity index (χ4v) is 3.05. The Bertz CT molecular complexity index is 699. The molecular formula is C15H13ClN2OS. The van der Waals surface area contributed by atoms with Crippen molar-refractivity contribution in [1.82, 2.24) is 5.32 Å². The minimum Gasteiger partial charge on any atom is -0.351 e. The number of nitrogens with zero attached hydrogens (tertiary/aromatic N) is 1. The number of hydrogen-bond donors (Lipinski definition) is 1. The molecule has 1 unspecified atom stereocenters. The van der Waals surface area contributed by atoms with E-state index in [0.717, 1.165) is 15.0 Å². The quantitative estimate of drug-likeness (QED) is 0.872. The Morgan fingerprint density at radius 1 is 1.55 bits per heavy atom. The van der Waals surface area contributed by atoms with Crippen LogP contribution in [-0.2, 0) is 4.79 Å². The van der Waals surface area contributed by atoms with E-state index >= 15 is 0 Å². The fourth-order valence-electron chi connectivity index (χ4n) is 1.65. The summed E-state index contributed by atoms with van der Waals surface area (Å²) in [5.41, 5.74) is 0. The molecule has 0 saturated heterocycles. The molecule has 1 heterocycles. The van der Waals surface area contributed by atoms with Crippen LogP contribution in [0.15, 0.2) is 30.3 Å². The van der Waals surface area contributed by atoms with Gasteiger partial charge >= 0.3 is 0 Å². The van der Waals surface area contributed by atoms with Crippen LogP contribution >= 0.6 is 22.9 Å². The van der Waals surface area contributed by atoms with Crippen molar-refractivity contribution < 1.29 is 4.79 Å². The van der Waals surface area contributed by atoms with E-state index < -0.39 is 0 Å². The molecule has 1 aromatic carbocycles. The molecule has 1 atom stereocenters. The summed E-state index contributed by atoms with van der Waals surface area (Å²) in [5, 5.41) is 13.0. The minimum atomic E-state index is -0.222. The second-order valence-corrected chi connectivity index (χ2v) is 5.85. The summed E-state index contributed by atoms with van der Waals surface area (Å²) in [5.74, 6) is -0.416. The van der Waals surface area contributed by atoms with Gasteiger partial charge in [0.2, 0.25) is 5.91 Å². The highest BCUT2D eigenvalue weighted by molar-refractivity contribution is 7.20. The molecule has 2 rings (SSSR count). The third-order valence-electron chi connectivity index (χ3n) is 2.75. The molecule has 0 saturated carbocycles. The molecule has 1 amide bonds. The van der Waals surface area contributed by atoms with E-state index in [9.17, 15) is 4.79 Å². The van der Waals surface area contributed by atoms with Crippen molar-refractivity contribution in [2.24, 2.45) is 5.92 Å². The van der Waals surface area contributed by atoms with Gasteiger partial charge in [-0.3, -0.25) is 4.79 Å². The summed E-state index contributed by atoms with van der Waals surface area (Å²) >= 11 is 7.82. The second-order valence-electron chi connectivity index (χ2n) is 4.39. The Labute approximate surface area is 126 Å². The summed E-state index contributed by atoms with van der Waals surface area (Å²) in [6, 6.07) is 9.91. The van der Waals surface area contributed by atoms with Gasteiger partial charge in [0.1, 0.15) is 0 Å². The van der Waals surface area contributed by atoms with E-state index in [1.54, 1.807) is 24.3 Å². The molecule has 3 nitrogen and oxygen atoms in total. The second kappa shape index (κ2) is 6.56. The van der Waals surface area contributed by atoms with Gasteiger partial charge in [0, 0.05) is 27.6 Å². The molecule has 0 fully saturated rings. The molecule has 0 spiro atoms. The average molecular weight is 305 g/mol. The van der Waals surface area contributed by atoms with Crippen molar-refractivity contribution in [3.63, 3.8) is 0 Å². The van der Waals surface area contributed by atoms with Crippen LogP contribution in [0.2, 0.25) is 5.02 Å². The Morgan fingerprint density at radius 2 is 2.30 bits per heavy atom. The third-order valence-corrected chi connectivity index (χ3v) is 4.40. The number of halogens is 1. The topological polar surface area (TPSA) is 52.9 Å². The largest absolute Gasteiger partial charge is 0.351 e. The maximum atomic E-state index is 11.6. The van der Waals surface area contributed by atoms with Gasteiger partial charge in [-0.25, -0.2) is 0 Å². The van der Waals surface area contributed by atoms with Crippen molar-refractivity contribution in [1.29, 1.82) is 5.26 Å². The van der Waals surface area contributed by atoms with Crippen LogP contribution in [-0.4, -0.2) is 12.5 Å². The van der Waals surface area contributed by atoms with Crippen molar-refractivity contribution in [2.75, 3.05) is 6.54 Å². The first-order chi connectivity index (χ1) is 9.61. The molecule has 1 N–H and O–H groups in total. The highest BCUT2D eigenvalue weighted by atomic mass is 35.5. The molecule has 0 aliphatic rings. The summed E-state index contributed by atoms with van der Waals surface area (Å²) in [6.45, 7) is 2.10. The van der Waals surface area contributed by atoms with Crippen LogP contribution in [0.3, 0.4) is 0 Å². The lowest BCUT2D eigenvalue weighted by Gasteiger charge is -2.02. The number of nitriles is 1. The number of nitrogens with one attached hydrogen (secondary N) is 1. The van der Waals surface area contributed by atoms with E-state index in [-0.39, 0.29) is 11.8 Å². The predicted octanol–water partition coefficient (Wildman–Crippen LogP) is 3.84. The molecule has 0 bridgehead atoms. The van der Waals surface area contributed by atoms with Crippen LogP contribution in [0.1, 0.15) is 11.8 Å². The Morgan fingerprint density at radius 3 is 3.00 bits per heavy atom. The van der Waals surface area contributed by atoms with Gasteiger partial charge in [0.25, 0.3) is 0 Å². The van der Waals surface area contributed by atoms with E-state index in [2.05, 4.69) is 11.4 Å². The van der Waals surface area contributed by atoms with Crippen molar-refractivity contribution in [3.8, 4) is 6.07 Å². The number of carbonyl (C=O) groups is 1. The first kappa shape index (κ1) is 14.6. The number of hydrogen-bond acceptors (Lipinski definition) is 3. The molecule has 0 aliphatic carbocycles. The fraction of sp³-hybridized carbons (Fsp3) is 0.200. The molecule has 5 heteroatoms. The van der Waals surface area contributed by atoms with Gasteiger partial charge in [-0.05, 0) is 19.1 Å². The Kier molecular flexibility index (Phi) is 4.78. The zero-order valence-electron chi connectivity index (χ0n) is 10.9. The summed E-state index contributed by atoms with van der Waals surface area (Å²) in [4.78, 5) is 12.5. The number of amides is 1. The molecule has 1 aromatic heterocycles. The van der Waals surface area contributed by atoms with Gasteiger partial charge in [-0.1, -0.05) is 29.8 Å². The first-order valence-electron chi connectivity index (χ1n) is 6.14. The molecular weight excluding hydrogens is 292 g/mol.